The molecule has 0 saturated carbocycles. The molecule has 154 valence electrons. The summed E-state index contributed by atoms with van der Waals surface area (Å²) in [4.78, 5) is 25.8. The molecule has 1 unspecified atom stereocenters. The molecule has 1 heterocycles. The first-order valence-electron chi connectivity index (χ1n) is 9.86. The summed E-state index contributed by atoms with van der Waals surface area (Å²) < 4.78 is 16.1. The third-order valence-corrected chi connectivity index (χ3v) is 4.89. The van der Waals surface area contributed by atoms with E-state index in [1.54, 1.807) is 0 Å². The number of ketones is 1. The number of benzene rings is 2. The number of para-hydroxylation sites is 1. The van der Waals surface area contributed by atoms with E-state index < -0.39 is 6.10 Å². The van der Waals surface area contributed by atoms with Gasteiger partial charge in [0.05, 0.1) is 20.2 Å². The maximum absolute atomic E-state index is 12.0. The van der Waals surface area contributed by atoms with Gasteiger partial charge in [-0.1, -0.05) is 30.3 Å². The zero-order valence-corrected chi connectivity index (χ0v) is 16.9. The summed E-state index contributed by atoms with van der Waals surface area (Å²) >= 11 is 0. The van der Waals surface area contributed by atoms with E-state index in [0.717, 1.165) is 22.6 Å². The van der Waals surface area contributed by atoms with E-state index in [4.69, 9.17) is 14.2 Å². The molecule has 1 aliphatic heterocycles. The van der Waals surface area contributed by atoms with Gasteiger partial charge in [-0.2, -0.15) is 0 Å². The van der Waals surface area contributed by atoms with Crippen molar-refractivity contribution in [2.24, 2.45) is 0 Å². The van der Waals surface area contributed by atoms with Crippen LogP contribution in [-0.4, -0.2) is 51.3 Å². The first-order chi connectivity index (χ1) is 14.1. The predicted octanol–water partition coefficient (Wildman–Crippen LogP) is 2.82. The minimum atomic E-state index is -0.603. The highest BCUT2D eigenvalue weighted by atomic mass is 16.6. The number of fused-ring (bicyclic) bond motifs is 1. The molecule has 0 fully saturated rings. The molecule has 0 saturated heterocycles. The SMILES string of the molecule is CCOC(Cc1ccc(OCCN2CC(=O)Cc3ccccc32)cc1)C(=O)OC. The van der Waals surface area contributed by atoms with E-state index in [-0.39, 0.29) is 11.8 Å². The van der Waals surface area contributed by atoms with Crippen LogP contribution < -0.4 is 9.64 Å². The first-order valence-corrected chi connectivity index (χ1v) is 9.86. The zero-order valence-electron chi connectivity index (χ0n) is 16.9. The van der Waals surface area contributed by atoms with Crippen LogP contribution in [0.15, 0.2) is 48.5 Å². The molecular formula is C23H27NO5. The standard InChI is InChI=1S/C23H27NO5/c1-3-28-22(23(26)27-2)14-17-8-10-20(11-9-17)29-13-12-24-16-19(25)15-18-6-4-5-7-21(18)24/h4-11,22H,3,12-16H2,1-2H3. The zero-order chi connectivity index (χ0) is 20.6. The average molecular weight is 397 g/mol. The Morgan fingerprint density at radius 1 is 1.14 bits per heavy atom. The van der Waals surface area contributed by atoms with Crippen molar-refractivity contribution < 1.29 is 23.8 Å². The second-order valence-corrected chi connectivity index (χ2v) is 6.93. The van der Waals surface area contributed by atoms with Gasteiger partial charge in [-0.15, -0.1) is 0 Å². The predicted molar refractivity (Wildman–Crippen MR) is 110 cm³/mol. The number of hydrogen-bond acceptors (Lipinski definition) is 6. The lowest BCUT2D eigenvalue weighted by Crippen LogP contribution is -2.38. The van der Waals surface area contributed by atoms with E-state index in [1.807, 2.05) is 55.5 Å². The fraction of sp³-hybridized carbons (Fsp3) is 0.391. The molecule has 6 nitrogen and oxygen atoms in total. The molecule has 3 rings (SSSR count). The molecule has 2 aromatic rings. The Kier molecular flexibility index (Phi) is 7.25. The quantitative estimate of drug-likeness (QED) is 0.607. The Morgan fingerprint density at radius 2 is 1.90 bits per heavy atom. The van der Waals surface area contributed by atoms with Crippen LogP contribution in [0.3, 0.4) is 0 Å². The number of rotatable bonds is 9. The Labute approximate surface area is 171 Å². The Balaban J connectivity index is 1.53. The highest BCUT2D eigenvalue weighted by molar-refractivity contribution is 5.90. The fourth-order valence-corrected chi connectivity index (χ4v) is 3.49. The number of anilines is 1. The molecule has 0 aromatic heterocycles. The van der Waals surface area contributed by atoms with Gasteiger partial charge in [0.25, 0.3) is 0 Å². The van der Waals surface area contributed by atoms with Crippen LogP contribution >= 0.6 is 0 Å². The molecular weight excluding hydrogens is 370 g/mol. The van der Waals surface area contributed by atoms with Crippen LogP contribution in [0.1, 0.15) is 18.1 Å². The number of carbonyl (C=O) groups is 2. The topological polar surface area (TPSA) is 65.1 Å². The van der Waals surface area contributed by atoms with E-state index in [0.29, 0.717) is 39.1 Å². The molecule has 1 atom stereocenters. The summed E-state index contributed by atoms with van der Waals surface area (Å²) in [6, 6.07) is 15.6. The summed E-state index contributed by atoms with van der Waals surface area (Å²) in [6.45, 7) is 3.83. The highest BCUT2D eigenvalue weighted by Gasteiger charge is 2.22. The second kappa shape index (κ2) is 10.1. The van der Waals surface area contributed by atoms with Crippen molar-refractivity contribution in [3.05, 3.63) is 59.7 Å². The van der Waals surface area contributed by atoms with Gasteiger partial charge in [-0.3, -0.25) is 4.79 Å². The van der Waals surface area contributed by atoms with Crippen molar-refractivity contribution in [3.63, 3.8) is 0 Å². The molecule has 0 radical (unpaired) electrons. The Morgan fingerprint density at radius 3 is 2.62 bits per heavy atom. The molecule has 2 aromatic carbocycles. The van der Waals surface area contributed by atoms with Crippen LogP contribution in [0.4, 0.5) is 5.69 Å². The molecule has 0 amide bonds. The van der Waals surface area contributed by atoms with Gasteiger partial charge < -0.3 is 19.1 Å². The maximum Gasteiger partial charge on any atom is 0.335 e. The van der Waals surface area contributed by atoms with Crippen molar-refractivity contribution >= 4 is 17.4 Å². The van der Waals surface area contributed by atoms with Gasteiger partial charge in [0.2, 0.25) is 0 Å². The van der Waals surface area contributed by atoms with Gasteiger partial charge in [0.1, 0.15) is 12.4 Å². The number of nitrogens with zero attached hydrogens (tertiary/aromatic N) is 1. The number of esters is 1. The molecule has 29 heavy (non-hydrogen) atoms. The highest BCUT2D eigenvalue weighted by Crippen LogP contribution is 2.25. The molecule has 0 bridgehead atoms. The Hall–Kier alpha value is -2.86. The van der Waals surface area contributed by atoms with Gasteiger partial charge >= 0.3 is 5.97 Å². The lowest BCUT2D eigenvalue weighted by Gasteiger charge is -2.30. The number of methoxy groups -OCH3 is 1. The molecule has 0 aliphatic carbocycles. The molecule has 0 spiro atoms. The summed E-state index contributed by atoms with van der Waals surface area (Å²) in [7, 11) is 1.36. The third kappa shape index (κ3) is 5.57. The van der Waals surface area contributed by atoms with E-state index in [2.05, 4.69) is 4.90 Å². The summed E-state index contributed by atoms with van der Waals surface area (Å²) in [6.07, 6.45) is 0.352. The van der Waals surface area contributed by atoms with Crippen LogP contribution in [-0.2, 0) is 31.9 Å². The van der Waals surface area contributed by atoms with E-state index >= 15 is 0 Å². The first kappa shape index (κ1) is 20.9. The molecule has 1 aliphatic rings. The summed E-state index contributed by atoms with van der Waals surface area (Å²) in [5, 5.41) is 0. The van der Waals surface area contributed by atoms with Gasteiger partial charge in [0.15, 0.2) is 11.9 Å². The van der Waals surface area contributed by atoms with Crippen molar-refractivity contribution in [1.29, 1.82) is 0 Å². The number of ether oxygens (including phenoxy) is 3. The third-order valence-electron chi connectivity index (χ3n) is 4.89. The lowest BCUT2D eigenvalue weighted by atomic mass is 10.0. The van der Waals surface area contributed by atoms with Crippen LogP contribution in [0.2, 0.25) is 0 Å². The van der Waals surface area contributed by atoms with Gasteiger partial charge in [0, 0.05) is 25.1 Å². The summed E-state index contributed by atoms with van der Waals surface area (Å²) in [5.74, 6) is 0.599. The number of carbonyl (C=O) groups excluding carboxylic acids is 2. The van der Waals surface area contributed by atoms with Gasteiger partial charge in [-0.05, 0) is 36.2 Å². The summed E-state index contributed by atoms with van der Waals surface area (Å²) in [5.41, 5.74) is 3.15. The van der Waals surface area contributed by atoms with Crippen molar-refractivity contribution in [2.75, 3.05) is 38.3 Å². The molecule has 6 heteroatoms. The molecule has 0 N–H and O–H groups in total. The average Bonchev–Trinajstić information content (AvgIpc) is 2.74. The van der Waals surface area contributed by atoms with Crippen LogP contribution in [0, 0.1) is 0 Å². The maximum atomic E-state index is 12.0. The second-order valence-electron chi connectivity index (χ2n) is 6.93. The Bertz CT molecular complexity index is 833. The van der Waals surface area contributed by atoms with Crippen molar-refractivity contribution in [2.45, 2.75) is 25.9 Å². The normalized spacial score (nSPS) is 14.3. The van der Waals surface area contributed by atoms with Gasteiger partial charge in [-0.25, -0.2) is 4.79 Å². The largest absolute Gasteiger partial charge is 0.492 e. The lowest BCUT2D eigenvalue weighted by molar-refractivity contribution is -0.153. The van der Waals surface area contributed by atoms with E-state index in [1.165, 1.54) is 7.11 Å². The number of hydrogen-bond donors (Lipinski definition) is 0. The fourth-order valence-electron chi connectivity index (χ4n) is 3.49. The number of Topliss-reactive ketones (excluding diaryl/α,β-unsaturated/α-hetero) is 1. The minimum Gasteiger partial charge on any atom is -0.492 e. The smallest absolute Gasteiger partial charge is 0.335 e. The van der Waals surface area contributed by atoms with Crippen LogP contribution in [0.5, 0.6) is 5.75 Å². The van der Waals surface area contributed by atoms with Crippen molar-refractivity contribution in [1.82, 2.24) is 0 Å². The van der Waals surface area contributed by atoms with E-state index in [9.17, 15) is 9.59 Å². The monoisotopic (exact) mass is 397 g/mol. The van der Waals surface area contributed by atoms with Crippen molar-refractivity contribution in [3.8, 4) is 5.75 Å². The minimum absolute atomic E-state index is 0.225. The van der Waals surface area contributed by atoms with Crippen LogP contribution in [0.25, 0.3) is 0 Å².